The largest absolute Gasteiger partial charge is 0.355 e. The highest BCUT2D eigenvalue weighted by Crippen LogP contribution is 2.28. The molecule has 27 heavy (non-hydrogen) atoms. The van der Waals surface area contributed by atoms with Gasteiger partial charge in [0.05, 0.1) is 17.0 Å². The first-order chi connectivity index (χ1) is 12.9. The standard InChI is InChI=1S/C17H20N4O5S/c1-18-17(22)16-15-11(6-7-19-16)12-8-10(4-5-13(12)21-15)27(23,24)20-9-14(25-2)26-3/h4-8,14,20-21H,9H2,1-3H3,(H,18,22). The number of methoxy groups -OCH3 is 2. The Kier molecular flexibility index (Phi) is 5.42. The van der Waals surface area contributed by atoms with Crippen LogP contribution in [0.25, 0.3) is 21.8 Å². The molecular weight excluding hydrogens is 372 g/mol. The number of hydrogen-bond donors (Lipinski definition) is 3. The number of pyridine rings is 1. The molecule has 0 radical (unpaired) electrons. The number of H-pyrrole nitrogens is 1. The van der Waals surface area contributed by atoms with Crippen LogP contribution in [0.3, 0.4) is 0 Å². The second kappa shape index (κ2) is 7.61. The van der Waals surface area contributed by atoms with Gasteiger partial charge in [-0.3, -0.25) is 4.79 Å². The molecule has 1 amide bonds. The Morgan fingerprint density at radius 1 is 1.22 bits per heavy atom. The molecule has 0 aliphatic rings. The number of fused-ring (bicyclic) bond motifs is 3. The Hall–Kier alpha value is -2.53. The zero-order valence-corrected chi connectivity index (χ0v) is 15.9. The predicted molar refractivity (Wildman–Crippen MR) is 100.0 cm³/mol. The van der Waals surface area contributed by atoms with Gasteiger partial charge < -0.3 is 19.8 Å². The SMILES string of the molecule is CNC(=O)c1nccc2c1[nH]c1ccc(S(=O)(=O)NCC(OC)OC)cc12. The molecule has 2 aromatic heterocycles. The first-order valence-electron chi connectivity index (χ1n) is 8.09. The van der Waals surface area contributed by atoms with Gasteiger partial charge in [0.1, 0.15) is 0 Å². The Labute approximate surface area is 156 Å². The minimum atomic E-state index is -3.76. The lowest BCUT2D eigenvalue weighted by atomic mass is 10.1. The summed E-state index contributed by atoms with van der Waals surface area (Å²) in [4.78, 5) is 19.4. The number of rotatable bonds is 7. The average molecular weight is 392 g/mol. The van der Waals surface area contributed by atoms with Crippen LogP contribution in [0.4, 0.5) is 0 Å². The molecule has 0 aliphatic heterocycles. The summed E-state index contributed by atoms with van der Waals surface area (Å²) in [5.41, 5.74) is 1.50. The van der Waals surface area contributed by atoms with Crippen LogP contribution in [0.15, 0.2) is 35.4 Å². The molecule has 0 aliphatic carbocycles. The fourth-order valence-electron chi connectivity index (χ4n) is 2.78. The highest BCUT2D eigenvalue weighted by atomic mass is 32.2. The first-order valence-corrected chi connectivity index (χ1v) is 9.57. The number of amides is 1. The molecule has 10 heteroatoms. The molecule has 0 unspecified atom stereocenters. The molecule has 0 spiro atoms. The molecular formula is C17H20N4O5S. The quantitative estimate of drug-likeness (QED) is 0.515. The van der Waals surface area contributed by atoms with Crippen molar-refractivity contribution in [2.24, 2.45) is 0 Å². The van der Waals surface area contributed by atoms with Crippen LogP contribution in [0, 0.1) is 0 Å². The summed E-state index contributed by atoms with van der Waals surface area (Å²) in [5.74, 6) is -0.327. The van der Waals surface area contributed by atoms with Crippen LogP contribution >= 0.6 is 0 Å². The fourth-order valence-corrected chi connectivity index (χ4v) is 3.83. The fraction of sp³-hybridized carbons (Fsp3) is 0.294. The normalized spacial score (nSPS) is 12.1. The molecule has 0 saturated heterocycles. The molecule has 3 aromatic rings. The van der Waals surface area contributed by atoms with Crippen LogP contribution < -0.4 is 10.0 Å². The van der Waals surface area contributed by atoms with Crippen molar-refractivity contribution in [3.8, 4) is 0 Å². The number of sulfonamides is 1. The van der Waals surface area contributed by atoms with Crippen LogP contribution in [0.2, 0.25) is 0 Å². The minimum Gasteiger partial charge on any atom is -0.355 e. The van der Waals surface area contributed by atoms with E-state index in [0.717, 1.165) is 0 Å². The van der Waals surface area contributed by atoms with Crippen molar-refractivity contribution in [3.63, 3.8) is 0 Å². The molecule has 3 rings (SSSR count). The molecule has 0 bridgehead atoms. The summed E-state index contributed by atoms with van der Waals surface area (Å²) in [6, 6.07) is 6.43. The number of aromatic amines is 1. The molecule has 144 valence electrons. The number of hydrogen-bond acceptors (Lipinski definition) is 6. The van der Waals surface area contributed by atoms with E-state index < -0.39 is 16.3 Å². The summed E-state index contributed by atoms with van der Waals surface area (Å²) in [5, 5.41) is 3.93. The van der Waals surface area contributed by atoms with Gasteiger partial charge in [-0.25, -0.2) is 18.1 Å². The minimum absolute atomic E-state index is 0.0218. The number of carbonyl (C=O) groups excluding carboxylic acids is 1. The van der Waals surface area contributed by atoms with Crippen molar-refractivity contribution in [2.75, 3.05) is 27.8 Å². The summed E-state index contributed by atoms with van der Waals surface area (Å²) < 4.78 is 37.6. The molecule has 1 aromatic carbocycles. The highest BCUT2D eigenvalue weighted by Gasteiger charge is 2.19. The predicted octanol–water partition coefficient (Wildman–Crippen LogP) is 0.973. The highest BCUT2D eigenvalue weighted by molar-refractivity contribution is 7.89. The van der Waals surface area contributed by atoms with Crippen molar-refractivity contribution in [1.29, 1.82) is 0 Å². The number of ether oxygens (including phenoxy) is 2. The third-order valence-electron chi connectivity index (χ3n) is 4.21. The molecule has 3 N–H and O–H groups in total. The van der Waals surface area contributed by atoms with Crippen molar-refractivity contribution in [1.82, 2.24) is 20.0 Å². The molecule has 0 atom stereocenters. The van der Waals surface area contributed by atoms with Gasteiger partial charge in [0.25, 0.3) is 5.91 Å². The number of benzene rings is 1. The van der Waals surface area contributed by atoms with Crippen molar-refractivity contribution in [3.05, 3.63) is 36.2 Å². The number of nitrogens with one attached hydrogen (secondary N) is 3. The molecule has 0 saturated carbocycles. The molecule has 0 fully saturated rings. The summed E-state index contributed by atoms with van der Waals surface area (Å²) in [6.07, 6.45) is 0.833. The molecule has 2 heterocycles. The summed E-state index contributed by atoms with van der Waals surface area (Å²) in [6.45, 7) is -0.0218. The summed E-state index contributed by atoms with van der Waals surface area (Å²) in [7, 11) is 0.618. The Morgan fingerprint density at radius 2 is 1.96 bits per heavy atom. The van der Waals surface area contributed by atoms with Crippen LogP contribution in [0.1, 0.15) is 10.5 Å². The smallest absolute Gasteiger partial charge is 0.271 e. The Bertz CT molecular complexity index is 1090. The van der Waals surface area contributed by atoms with Gasteiger partial charge in [0, 0.05) is 43.8 Å². The van der Waals surface area contributed by atoms with Crippen LogP contribution in [-0.4, -0.2) is 58.4 Å². The van der Waals surface area contributed by atoms with E-state index in [1.54, 1.807) is 18.2 Å². The average Bonchev–Trinajstić information content (AvgIpc) is 3.06. The van der Waals surface area contributed by atoms with Gasteiger partial charge in [-0.05, 0) is 24.3 Å². The van der Waals surface area contributed by atoms with Gasteiger partial charge in [-0.1, -0.05) is 0 Å². The van der Waals surface area contributed by atoms with E-state index in [-0.39, 0.29) is 23.0 Å². The third-order valence-corrected chi connectivity index (χ3v) is 5.63. The third kappa shape index (κ3) is 3.65. The monoisotopic (exact) mass is 392 g/mol. The van der Waals surface area contributed by atoms with Crippen molar-refractivity contribution >= 4 is 37.7 Å². The van der Waals surface area contributed by atoms with E-state index in [2.05, 4.69) is 20.0 Å². The maximum Gasteiger partial charge on any atom is 0.271 e. The van der Waals surface area contributed by atoms with Gasteiger partial charge in [-0.15, -0.1) is 0 Å². The zero-order chi connectivity index (χ0) is 19.6. The Balaban J connectivity index is 2.04. The van der Waals surface area contributed by atoms with E-state index in [0.29, 0.717) is 21.8 Å². The van der Waals surface area contributed by atoms with Gasteiger partial charge in [0.2, 0.25) is 10.0 Å². The van der Waals surface area contributed by atoms with E-state index in [1.807, 2.05) is 0 Å². The maximum atomic E-state index is 12.6. The van der Waals surface area contributed by atoms with Crippen LogP contribution in [-0.2, 0) is 19.5 Å². The Morgan fingerprint density at radius 3 is 2.63 bits per heavy atom. The van der Waals surface area contributed by atoms with Gasteiger partial charge >= 0.3 is 0 Å². The van der Waals surface area contributed by atoms with Crippen LogP contribution in [0.5, 0.6) is 0 Å². The van der Waals surface area contributed by atoms with Gasteiger partial charge in [0.15, 0.2) is 12.0 Å². The lowest BCUT2D eigenvalue weighted by Crippen LogP contribution is -2.34. The summed E-state index contributed by atoms with van der Waals surface area (Å²) >= 11 is 0. The second-order valence-electron chi connectivity index (χ2n) is 5.75. The maximum absolute atomic E-state index is 12.6. The van der Waals surface area contributed by atoms with E-state index in [4.69, 9.17) is 9.47 Å². The lowest BCUT2D eigenvalue weighted by molar-refractivity contribution is -0.0960. The first kappa shape index (κ1) is 19.2. The molecule has 9 nitrogen and oxygen atoms in total. The van der Waals surface area contributed by atoms with Gasteiger partial charge in [-0.2, -0.15) is 0 Å². The van der Waals surface area contributed by atoms with E-state index in [9.17, 15) is 13.2 Å². The topological polar surface area (TPSA) is 122 Å². The second-order valence-corrected chi connectivity index (χ2v) is 7.51. The number of aromatic nitrogens is 2. The van der Waals surface area contributed by atoms with Crippen molar-refractivity contribution in [2.45, 2.75) is 11.2 Å². The number of carbonyl (C=O) groups is 1. The van der Waals surface area contributed by atoms with E-state index in [1.165, 1.54) is 33.5 Å². The number of nitrogens with zero attached hydrogens (tertiary/aromatic N) is 1. The lowest BCUT2D eigenvalue weighted by Gasteiger charge is -2.14. The van der Waals surface area contributed by atoms with Crippen molar-refractivity contribution < 1.29 is 22.7 Å². The van der Waals surface area contributed by atoms with E-state index >= 15 is 0 Å². The zero-order valence-electron chi connectivity index (χ0n) is 15.1.